The number of amides is 2. The number of urea groups is 1. The van der Waals surface area contributed by atoms with Gasteiger partial charge in [-0.3, -0.25) is 9.88 Å². The Bertz CT molecular complexity index is 775. The Labute approximate surface area is 159 Å². The fourth-order valence-corrected chi connectivity index (χ4v) is 4.40. The van der Waals surface area contributed by atoms with Crippen LogP contribution < -0.4 is 15.4 Å². The molecule has 1 aromatic heterocycles. The van der Waals surface area contributed by atoms with Crippen LogP contribution in [0.25, 0.3) is 0 Å². The van der Waals surface area contributed by atoms with Gasteiger partial charge in [-0.1, -0.05) is 12.1 Å². The molecule has 0 spiro atoms. The molecule has 0 unspecified atom stereocenters. The fourth-order valence-electron chi connectivity index (χ4n) is 4.40. The zero-order valence-electron chi connectivity index (χ0n) is 15.6. The monoisotopic (exact) mass is 366 g/mol. The lowest BCUT2D eigenvalue weighted by molar-refractivity contribution is 0.0184. The molecule has 2 atom stereocenters. The van der Waals surface area contributed by atoms with Crippen molar-refractivity contribution in [3.05, 3.63) is 54.4 Å². The van der Waals surface area contributed by atoms with Gasteiger partial charge in [-0.05, 0) is 62.0 Å². The van der Waals surface area contributed by atoms with Crippen LogP contribution in [-0.4, -0.2) is 48.2 Å². The Morgan fingerprint density at radius 1 is 1.26 bits per heavy atom. The van der Waals surface area contributed by atoms with Gasteiger partial charge in [-0.15, -0.1) is 0 Å². The van der Waals surface area contributed by atoms with Crippen molar-refractivity contribution < 1.29 is 9.53 Å². The largest absolute Gasteiger partial charge is 0.497 e. The Morgan fingerprint density at radius 2 is 2.11 bits per heavy atom. The van der Waals surface area contributed by atoms with Crippen molar-refractivity contribution in [2.24, 2.45) is 5.92 Å². The molecular weight excluding hydrogens is 340 g/mol. The van der Waals surface area contributed by atoms with Crippen LogP contribution in [-0.2, 0) is 6.42 Å². The maximum absolute atomic E-state index is 12.7. The van der Waals surface area contributed by atoms with Gasteiger partial charge in [0, 0.05) is 36.2 Å². The summed E-state index contributed by atoms with van der Waals surface area (Å²) in [5.41, 5.74) is 1.95. The van der Waals surface area contributed by atoms with Crippen LogP contribution in [0.2, 0.25) is 0 Å². The Kier molecular flexibility index (Phi) is 5.25. The number of anilines is 1. The minimum absolute atomic E-state index is 0.151. The molecule has 6 heteroatoms. The lowest BCUT2D eigenvalue weighted by Gasteiger charge is -2.51. The average molecular weight is 366 g/mol. The lowest BCUT2D eigenvalue weighted by Crippen LogP contribution is -2.64. The van der Waals surface area contributed by atoms with E-state index in [0.29, 0.717) is 12.0 Å². The van der Waals surface area contributed by atoms with Crippen LogP contribution in [0.15, 0.2) is 48.8 Å². The molecule has 3 aliphatic rings. The van der Waals surface area contributed by atoms with E-state index in [0.717, 1.165) is 43.8 Å². The zero-order valence-corrected chi connectivity index (χ0v) is 15.6. The Morgan fingerprint density at radius 3 is 2.85 bits per heavy atom. The number of hydrogen-bond donors (Lipinski definition) is 2. The zero-order chi connectivity index (χ0) is 18.6. The highest BCUT2D eigenvalue weighted by Gasteiger charge is 2.42. The molecule has 0 radical (unpaired) electrons. The van der Waals surface area contributed by atoms with Gasteiger partial charge in [0.1, 0.15) is 5.75 Å². The number of ether oxygens (including phenoxy) is 1. The first-order chi connectivity index (χ1) is 13.2. The summed E-state index contributed by atoms with van der Waals surface area (Å²) in [6.07, 6.45) is 6.93. The molecule has 4 heterocycles. The van der Waals surface area contributed by atoms with Crippen LogP contribution in [0.3, 0.4) is 0 Å². The quantitative estimate of drug-likeness (QED) is 0.854. The van der Waals surface area contributed by atoms with Crippen LogP contribution in [0.4, 0.5) is 10.5 Å². The highest BCUT2D eigenvalue weighted by atomic mass is 16.5. The molecule has 3 saturated heterocycles. The molecule has 1 aromatic carbocycles. The first-order valence-corrected chi connectivity index (χ1v) is 9.57. The third kappa shape index (κ3) is 4.06. The molecule has 3 aliphatic heterocycles. The minimum Gasteiger partial charge on any atom is -0.497 e. The summed E-state index contributed by atoms with van der Waals surface area (Å²) in [5, 5.41) is 6.20. The second kappa shape index (κ2) is 7.96. The summed E-state index contributed by atoms with van der Waals surface area (Å²) in [6, 6.07) is 11.8. The number of methoxy groups -OCH3 is 1. The predicted molar refractivity (Wildman–Crippen MR) is 105 cm³/mol. The van der Waals surface area contributed by atoms with Gasteiger partial charge in [0.2, 0.25) is 0 Å². The molecule has 2 aromatic rings. The van der Waals surface area contributed by atoms with Crippen LogP contribution in [0, 0.1) is 5.92 Å². The van der Waals surface area contributed by atoms with Gasteiger partial charge in [0.25, 0.3) is 0 Å². The van der Waals surface area contributed by atoms with Gasteiger partial charge in [-0.2, -0.15) is 0 Å². The second-order valence-corrected chi connectivity index (χ2v) is 7.36. The minimum atomic E-state index is -0.154. The van der Waals surface area contributed by atoms with E-state index in [1.807, 2.05) is 36.5 Å². The van der Waals surface area contributed by atoms with Gasteiger partial charge < -0.3 is 15.4 Å². The number of aromatic nitrogens is 1. The van der Waals surface area contributed by atoms with Gasteiger partial charge in [0.05, 0.1) is 7.11 Å². The summed E-state index contributed by atoms with van der Waals surface area (Å²) < 4.78 is 5.23. The topological polar surface area (TPSA) is 66.5 Å². The molecule has 5 rings (SSSR count). The maximum Gasteiger partial charge on any atom is 0.319 e. The van der Waals surface area contributed by atoms with E-state index in [4.69, 9.17) is 4.74 Å². The molecular formula is C21H26N4O2. The van der Waals surface area contributed by atoms with Crippen molar-refractivity contribution in [3.8, 4) is 5.75 Å². The highest BCUT2D eigenvalue weighted by molar-refractivity contribution is 5.89. The summed E-state index contributed by atoms with van der Waals surface area (Å²) in [5.74, 6) is 1.26. The van der Waals surface area contributed by atoms with E-state index in [1.165, 1.54) is 5.56 Å². The number of nitrogens with one attached hydrogen (secondary N) is 2. The third-order valence-electron chi connectivity index (χ3n) is 5.76. The van der Waals surface area contributed by atoms with Crippen molar-refractivity contribution in [2.75, 3.05) is 25.5 Å². The molecule has 2 bridgehead atoms. The van der Waals surface area contributed by atoms with E-state index in [1.54, 1.807) is 13.3 Å². The van der Waals surface area contributed by atoms with Gasteiger partial charge >= 0.3 is 6.03 Å². The smallest absolute Gasteiger partial charge is 0.319 e. The number of carbonyl (C=O) groups is 1. The maximum atomic E-state index is 12.7. The number of hydrogen-bond acceptors (Lipinski definition) is 4. The van der Waals surface area contributed by atoms with Crippen molar-refractivity contribution >= 4 is 11.7 Å². The van der Waals surface area contributed by atoms with E-state index < -0.39 is 0 Å². The van der Waals surface area contributed by atoms with Crippen molar-refractivity contribution in [1.29, 1.82) is 0 Å². The standard InChI is InChI=1S/C21H26N4O2/c1-27-18-6-2-5-17(13-18)23-21(26)24-20-16-7-10-25(11-8-16)19(20)12-15-4-3-9-22-14-15/h2-6,9,13-14,16,19-20H,7-8,10-12H2,1H3,(H2,23,24,26)/t19-,20+/m0/s1. The third-order valence-corrected chi connectivity index (χ3v) is 5.76. The summed E-state index contributed by atoms with van der Waals surface area (Å²) in [7, 11) is 1.62. The van der Waals surface area contributed by atoms with Crippen molar-refractivity contribution in [1.82, 2.24) is 15.2 Å². The molecule has 0 saturated carbocycles. The molecule has 2 N–H and O–H groups in total. The number of fused-ring (bicyclic) bond motifs is 3. The number of carbonyl (C=O) groups excluding carboxylic acids is 1. The van der Waals surface area contributed by atoms with Crippen molar-refractivity contribution in [3.63, 3.8) is 0 Å². The lowest BCUT2D eigenvalue weighted by atomic mass is 9.77. The van der Waals surface area contributed by atoms with Crippen LogP contribution in [0.1, 0.15) is 18.4 Å². The van der Waals surface area contributed by atoms with Gasteiger partial charge in [-0.25, -0.2) is 4.79 Å². The van der Waals surface area contributed by atoms with Gasteiger partial charge in [0.15, 0.2) is 0 Å². The summed E-state index contributed by atoms with van der Waals surface area (Å²) in [4.78, 5) is 19.4. The van der Waals surface area contributed by atoms with E-state index in [9.17, 15) is 4.79 Å². The first-order valence-electron chi connectivity index (χ1n) is 9.57. The SMILES string of the molecule is COc1cccc(NC(=O)N[C@@H]2C3CCN(CC3)[C@H]2Cc2cccnc2)c1. The van der Waals surface area contributed by atoms with E-state index >= 15 is 0 Å². The number of pyridine rings is 1. The highest BCUT2D eigenvalue weighted by Crippen LogP contribution is 2.34. The van der Waals surface area contributed by atoms with Crippen LogP contribution >= 0.6 is 0 Å². The van der Waals surface area contributed by atoms with E-state index in [2.05, 4.69) is 26.6 Å². The number of nitrogens with zero attached hydrogens (tertiary/aromatic N) is 2. The van der Waals surface area contributed by atoms with Crippen LogP contribution in [0.5, 0.6) is 5.75 Å². The summed E-state index contributed by atoms with van der Waals surface area (Å²) in [6.45, 7) is 2.23. The second-order valence-electron chi connectivity index (χ2n) is 7.36. The first kappa shape index (κ1) is 17.8. The Balaban J connectivity index is 1.45. The molecule has 2 amide bonds. The molecule has 0 aliphatic carbocycles. The van der Waals surface area contributed by atoms with E-state index in [-0.39, 0.29) is 12.1 Å². The van der Waals surface area contributed by atoms with Crippen molar-refractivity contribution in [2.45, 2.75) is 31.3 Å². The fraction of sp³-hybridized carbons (Fsp3) is 0.429. The molecule has 6 nitrogen and oxygen atoms in total. The number of piperidine rings is 3. The number of benzene rings is 1. The Hall–Kier alpha value is -2.60. The molecule has 27 heavy (non-hydrogen) atoms. The normalized spacial score (nSPS) is 26.4. The predicted octanol–water partition coefficient (Wildman–Crippen LogP) is 2.92. The number of rotatable bonds is 5. The molecule has 142 valence electrons. The average Bonchev–Trinajstić information content (AvgIpc) is 2.71. The molecule has 3 fully saturated rings. The summed E-state index contributed by atoms with van der Waals surface area (Å²) >= 11 is 0.